The van der Waals surface area contributed by atoms with E-state index in [0.717, 1.165) is 4.68 Å². The summed E-state index contributed by atoms with van der Waals surface area (Å²) in [6.45, 7) is 0. The second-order valence-electron chi connectivity index (χ2n) is 6.10. The fraction of sp³-hybridized carbons (Fsp3) is 0.0500. The minimum atomic E-state index is -4.87. The van der Waals surface area contributed by atoms with Gasteiger partial charge in [0.25, 0.3) is 0 Å². The van der Waals surface area contributed by atoms with Crippen LogP contribution in [0.25, 0.3) is 22.8 Å². The SMILES string of the molecule is O=c1ccn(-c2ccccc2OC(F)(F)F)nc1-c1ccnn1-c1cccc(Cl)c1. The highest BCUT2D eigenvalue weighted by molar-refractivity contribution is 6.30. The Morgan fingerprint density at radius 3 is 2.57 bits per heavy atom. The molecule has 4 rings (SSSR count). The van der Waals surface area contributed by atoms with Crippen molar-refractivity contribution in [3.63, 3.8) is 0 Å². The van der Waals surface area contributed by atoms with Crippen molar-refractivity contribution in [1.29, 1.82) is 0 Å². The number of hydrogen-bond acceptors (Lipinski definition) is 4. The lowest BCUT2D eigenvalue weighted by Gasteiger charge is -2.15. The van der Waals surface area contributed by atoms with E-state index in [1.165, 1.54) is 47.4 Å². The first-order valence-corrected chi connectivity index (χ1v) is 8.95. The van der Waals surface area contributed by atoms with Gasteiger partial charge in [-0.3, -0.25) is 4.79 Å². The van der Waals surface area contributed by atoms with Crippen LogP contribution in [0.15, 0.2) is 77.9 Å². The normalized spacial score (nSPS) is 11.5. The van der Waals surface area contributed by atoms with Crippen molar-refractivity contribution in [1.82, 2.24) is 19.6 Å². The van der Waals surface area contributed by atoms with Crippen LogP contribution in [0.5, 0.6) is 5.75 Å². The van der Waals surface area contributed by atoms with Gasteiger partial charge in [0, 0.05) is 17.3 Å². The maximum absolute atomic E-state index is 12.8. The summed E-state index contributed by atoms with van der Waals surface area (Å²) in [4.78, 5) is 12.5. The Kier molecular flexibility index (Phi) is 5.04. The largest absolute Gasteiger partial charge is 0.573 e. The number of benzene rings is 2. The van der Waals surface area contributed by atoms with Crippen LogP contribution in [0.2, 0.25) is 5.02 Å². The molecule has 0 unspecified atom stereocenters. The highest BCUT2D eigenvalue weighted by atomic mass is 35.5. The number of rotatable bonds is 4. The molecule has 0 radical (unpaired) electrons. The van der Waals surface area contributed by atoms with E-state index in [0.29, 0.717) is 16.4 Å². The second kappa shape index (κ2) is 7.68. The molecule has 2 aromatic carbocycles. The monoisotopic (exact) mass is 432 g/mol. The van der Waals surface area contributed by atoms with Crippen molar-refractivity contribution in [3.8, 4) is 28.5 Å². The quantitative estimate of drug-likeness (QED) is 0.471. The Labute approximate surface area is 172 Å². The highest BCUT2D eigenvalue weighted by Crippen LogP contribution is 2.29. The number of nitrogens with zero attached hydrogens (tertiary/aromatic N) is 4. The molecule has 0 fully saturated rings. The zero-order chi connectivity index (χ0) is 21.3. The zero-order valence-electron chi connectivity index (χ0n) is 15.0. The first kappa shape index (κ1) is 19.7. The van der Waals surface area contributed by atoms with Gasteiger partial charge in [-0.15, -0.1) is 13.2 Å². The Hall–Kier alpha value is -3.59. The molecule has 152 valence electrons. The van der Waals surface area contributed by atoms with E-state index in [4.69, 9.17) is 11.6 Å². The van der Waals surface area contributed by atoms with Gasteiger partial charge in [-0.05, 0) is 36.4 Å². The minimum absolute atomic E-state index is 0.00297. The molecule has 2 heterocycles. The van der Waals surface area contributed by atoms with Crippen molar-refractivity contribution in [3.05, 3.63) is 88.3 Å². The van der Waals surface area contributed by atoms with Gasteiger partial charge >= 0.3 is 6.36 Å². The average molecular weight is 433 g/mol. The van der Waals surface area contributed by atoms with E-state index in [2.05, 4.69) is 14.9 Å². The summed E-state index contributed by atoms with van der Waals surface area (Å²) >= 11 is 6.04. The summed E-state index contributed by atoms with van der Waals surface area (Å²) in [5.74, 6) is -0.449. The van der Waals surface area contributed by atoms with E-state index in [-0.39, 0.29) is 11.4 Å². The smallest absolute Gasteiger partial charge is 0.403 e. The predicted octanol–water partition coefficient (Wildman–Crippen LogP) is 4.64. The molecule has 0 amide bonds. The number of aromatic nitrogens is 4. The zero-order valence-corrected chi connectivity index (χ0v) is 15.8. The number of alkyl halides is 3. The Bertz CT molecular complexity index is 1270. The fourth-order valence-electron chi connectivity index (χ4n) is 2.87. The Morgan fingerprint density at radius 2 is 1.80 bits per heavy atom. The predicted molar refractivity (Wildman–Crippen MR) is 104 cm³/mol. The molecule has 0 aliphatic rings. The van der Waals surface area contributed by atoms with E-state index in [9.17, 15) is 18.0 Å². The lowest BCUT2D eigenvalue weighted by Crippen LogP contribution is -2.19. The first-order chi connectivity index (χ1) is 14.3. The number of halogens is 4. The maximum Gasteiger partial charge on any atom is 0.573 e. The Morgan fingerprint density at radius 1 is 1.00 bits per heavy atom. The lowest BCUT2D eigenvalue weighted by atomic mass is 10.2. The number of para-hydroxylation sites is 2. The van der Waals surface area contributed by atoms with Crippen LogP contribution in [0.4, 0.5) is 13.2 Å². The average Bonchev–Trinajstić information content (AvgIpc) is 3.17. The molecular formula is C20H12ClF3N4O2. The molecule has 0 N–H and O–H groups in total. The molecule has 6 nitrogen and oxygen atoms in total. The van der Waals surface area contributed by atoms with Gasteiger partial charge in [-0.25, -0.2) is 9.36 Å². The standard InChI is InChI=1S/C20H12ClF3N4O2/c21-13-4-3-5-14(12-13)28-16(8-10-25-28)19-17(29)9-11-27(26-19)15-6-1-2-7-18(15)30-20(22,23)24/h1-12H. The first-order valence-electron chi connectivity index (χ1n) is 8.57. The van der Waals surface area contributed by atoms with Gasteiger partial charge in [0.1, 0.15) is 5.69 Å². The van der Waals surface area contributed by atoms with Crippen LogP contribution in [0.1, 0.15) is 0 Å². The number of hydrogen-bond donors (Lipinski definition) is 0. The molecule has 0 bridgehead atoms. The molecule has 0 atom stereocenters. The van der Waals surface area contributed by atoms with E-state index >= 15 is 0 Å². The van der Waals surface area contributed by atoms with E-state index < -0.39 is 17.5 Å². The second-order valence-corrected chi connectivity index (χ2v) is 6.53. The van der Waals surface area contributed by atoms with Crippen LogP contribution in [0.3, 0.4) is 0 Å². The molecule has 0 saturated heterocycles. The van der Waals surface area contributed by atoms with Crippen molar-refractivity contribution < 1.29 is 17.9 Å². The van der Waals surface area contributed by atoms with E-state index in [1.54, 1.807) is 30.3 Å². The summed E-state index contributed by atoms with van der Waals surface area (Å²) in [5, 5.41) is 8.93. The van der Waals surface area contributed by atoms with Crippen LogP contribution < -0.4 is 10.2 Å². The molecular weight excluding hydrogens is 421 g/mol. The van der Waals surface area contributed by atoms with Crippen LogP contribution in [-0.4, -0.2) is 25.9 Å². The topological polar surface area (TPSA) is 61.9 Å². The summed E-state index contributed by atoms with van der Waals surface area (Å²) < 4.78 is 45.0. The minimum Gasteiger partial charge on any atom is -0.403 e. The summed E-state index contributed by atoms with van der Waals surface area (Å²) in [5.41, 5.74) is 0.539. The molecule has 4 aromatic rings. The maximum atomic E-state index is 12.8. The van der Waals surface area contributed by atoms with Crippen LogP contribution >= 0.6 is 11.6 Å². The highest BCUT2D eigenvalue weighted by Gasteiger charge is 2.32. The van der Waals surface area contributed by atoms with Gasteiger partial charge in [-0.2, -0.15) is 10.2 Å². The molecule has 0 aliphatic carbocycles. The van der Waals surface area contributed by atoms with Crippen molar-refractivity contribution in [2.24, 2.45) is 0 Å². The molecule has 0 saturated carbocycles. The summed E-state index contributed by atoms with van der Waals surface area (Å²) in [7, 11) is 0. The summed E-state index contributed by atoms with van der Waals surface area (Å²) in [6, 6.07) is 15.1. The van der Waals surface area contributed by atoms with Crippen molar-refractivity contribution in [2.45, 2.75) is 6.36 Å². The van der Waals surface area contributed by atoms with Crippen LogP contribution in [0, 0.1) is 0 Å². The third-order valence-corrected chi connectivity index (χ3v) is 4.32. The van der Waals surface area contributed by atoms with Crippen LogP contribution in [-0.2, 0) is 0 Å². The molecule has 0 aliphatic heterocycles. The molecule has 10 heteroatoms. The Balaban J connectivity index is 1.83. The van der Waals surface area contributed by atoms with E-state index in [1.807, 2.05) is 0 Å². The molecule has 2 aromatic heterocycles. The fourth-order valence-corrected chi connectivity index (χ4v) is 3.06. The van der Waals surface area contributed by atoms with Crippen molar-refractivity contribution >= 4 is 11.6 Å². The lowest BCUT2D eigenvalue weighted by molar-refractivity contribution is -0.274. The molecule has 30 heavy (non-hydrogen) atoms. The van der Waals surface area contributed by atoms with Gasteiger partial charge in [-0.1, -0.05) is 29.8 Å². The van der Waals surface area contributed by atoms with Gasteiger partial charge in [0.15, 0.2) is 11.4 Å². The summed E-state index contributed by atoms with van der Waals surface area (Å²) in [6.07, 6.45) is -2.12. The third kappa shape index (κ3) is 4.06. The molecule has 0 spiro atoms. The number of ether oxygens (including phenoxy) is 1. The van der Waals surface area contributed by atoms with Crippen molar-refractivity contribution in [2.75, 3.05) is 0 Å². The van der Waals surface area contributed by atoms with Gasteiger partial charge in [0.05, 0.1) is 17.6 Å². The third-order valence-electron chi connectivity index (χ3n) is 4.08. The van der Waals surface area contributed by atoms with Gasteiger partial charge in [0.2, 0.25) is 5.43 Å². The van der Waals surface area contributed by atoms with Gasteiger partial charge < -0.3 is 4.74 Å².